The molecular weight excluding hydrogens is 514 g/mol. The van der Waals surface area contributed by atoms with E-state index in [2.05, 4.69) is 29.1 Å². The number of ketones is 1. The summed E-state index contributed by atoms with van der Waals surface area (Å²) in [6.45, 7) is 6.80. The number of aromatic nitrogens is 2. The Morgan fingerprint density at radius 1 is 1.02 bits per heavy atom. The Morgan fingerprint density at radius 3 is 2.55 bits per heavy atom. The van der Waals surface area contributed by atoms with Crippen molar-refractivity contribution in [2.24, 2.45) is 0 Å². The average Bonchev–Trinajstić information content (AvgIpc) is 3.52. The van der Waals surface area contributed by atoms with Crippen molar-refractivity contribution >= 4 is 23.4 Å². The Labute approximate surface area is 230 Å². The van der Waals surface area contributed by atoms with Gasteiger partial charge in [-0.1, -0.05) is 12.1 Å². The summed E-state index contributed by atoms with van der Waals surface area (Å²) in [6.07, 6.45) is 3.74. The second-order valence-corrected chi connectivity index (χ2v) is 10.1. The van der Waals surface area contributed by atoms with Gasteiger partial charge >= 0.3 is 0 Å². The van der Waals surface area contributed by atoms with Crippen LogP contribution in [0.1, 0.15) is 32.6 Å². The van der Waals surface area contributed by atoms with Gasteiger partial charge in [-0.3, -0.25) is 4.79 Å². The predicted octanol–water partition coefficient (Wildman–Crippen LogP) is 5.80. The number of nitrogens with two attached hydrogens (primary N) is 1. The smallest absolute Gasteiger partial charge is 0.194 e. The van der Waals surface area contributed by atoms with Gasteiger partial charge in [-0.2, -0.15) is 5.10 Å². The van der Waals surface area contributed by atoms with Gasteiger partial charge in [0.2, 0.25) is 0 Å². The molecule has 1 aliphatic heterocycles. The Hall–Kier alpha value is -4.50. The molecule has 2 aliphatic rings. The lowest BCUT2D eigenvalue weighted by Crippen LogP contribution is -2.36. The lowest BCUT2D eigenvalue weighted by atomic mass is 10.0. The maximum absolute atomic E-state index is 15.3. The monoisotopic (exact) mass is 542 g/mol. The maximum Gasteiger partial charge on any atom is 0.194 e. The molecule has 1 fully saturated rings. The average molecular weight is 543 g/mol. The number of morpholine rings is 1. The Balaban J connectivity index is 1.25. The third-order valence-corrected chi connectivity index (χ3v) is 7.37. The molecule has 0 atom stereocenters. The number of nitrogen functional groups attached to an aromatic ring is 1. The molecule has 0 unspecified atom stereocenters. The fraction of sp³-hybridized carbons (Fsp3) is 0.226. The quantitative estimate of drug-likeness (QED) is 0.310. The van der Waals surface area contributed by atoms with Gasteiger partial charge in [0.05, 0.1) is 25.0 Å². The van der Waals surface area contributed by atoms with Gasteiger partial charge in [0.1, 0.15) is 17.3 Å². The molecule has 1 aliphatic carbocycles. The molecule has 2 heterocycles. The highest BCUT2D eigenvalue weighted by atomic mass is 19.1. The summed E-state index contributed by atoms with van der Waals surface area (Å²) < 4.78 is 41.5. The highest BCUT2D eigenvalue weighted by Crippen LogP contribution is 2.35. The van der Waals surface area contributed by atoms with Gasteiger partial charge in [-0.15, -0.1) is 0 Å². The number of aryl methyl sites for hydroxylation is 2. The summed E-state index contributed by atoms with van der Waals surface area (Å²) in [4.78, 5) is 15.8. The molecule has 1 saturated heterocycles. The molecule has 0 amide bonds. The Bertz CT molecular complexity index is 1650. The van der Waals surface area contributed by atoms with Gasteiger partial charge in [-0.05, 0) is 72.5 Å². The van der Waals surface area contributed by atoms with E-state index in [1.54, 1.807) is 25.1 Å². The SMILES string of the molecule is Cc1cc2c(cc1N1CCOCC1)CC(C(=O)c1cnn(-c3c(C)cc(Oc4ccccc4F)cc3F)c1N)=C2. The van der Waals surface area contributed by atoms with Crippen molar-refractivity contribution in [3.05, 3.63) is 99.8 Å². The van der Waals surface area contributed by atoms with Crippen LogP contribution in [0.5, 0.6) is 11.5 Å². The van der Waals surface area contributed by atoms with E-state index < -0.39 is 11.6 Å². The van der Waals surface area contributed by atoms with Crippen LogP contribution in [0.4, 0.5) is 20.3 Å². The molecule has 40 heavy (non-hydrogen) atoms. The summed E-state index contributed by atoms with van der Waals surface area (Å²) in [5.74, 6) is -1.32. The molecule has 2 N–H and O–H groups in total. The number of carbonyl (C=O) groups excluding carboxylic acids is 1. The van der Waals surface area contributed by atoms with Crippen LogP contribution in [0, 0.1) is 25.5 Å². The standard InChI is InChI=1S/C31H28F2N4O3/c1-18-11-20-13-22(14-21(20)15-27(18)36-7-9-39-10-8-36)30(38)24-17-35-37(31(24)34)29-19(2)12-23(16-26(29)33)40-28-6-4-3-5-25(28)32/h3-6,11-13,15-17H,7-10,14,34H2,1-2H3. The van der Waals surface area contributed by atoms with Crippen LogP contribution in [-0.4, -0.2) is 41.9 Å². The van der Waals surface area contributed by atoms with Crippen molar-refractivity contribution in [1.82, 2.24) is 9.78 Å². The van der Waals surface area contributed by atoms with Crippen molar-refractivity contribution in [1.29, 1.82) is 0 Å². The molecule has 4 aromatic rings. The van der Waals surface area contributed by atoms with Gasteiger partial charge in [-0.25, -0.2) is 13.5 Å². The molecule has 0 bridgehead atoms. The minimum Gasteiger partial charge on any atom is -0.454 e. The maximum atomic E-state index is 15.3. The number of carbonyl (C=O) groups is 1. The number of fused-ring (bicyclic) bond motifs is 1. The number of allylic oxidation sites excluding steroid dienone is 1. The zero-order valence-corrected chi connectivity index (χ0v) is 22.2. The minimum absolute atomic E-state index is 0.0152. The van der Waals surface area contributed by atoms with Crippen LogP contribution in [0.3, 0.4) is 0 Å². The topological polar surface area (TPSA) is 82.6 Å². The molecule has 1 aromatic heterocycles. The first-order valence-corrected chi connectivity index (χ1v) is 13.1. The zero-order chi connectivity index (χ0) is 28.0. The number of nitrogens with zero attached hydrogens (tertiary/aromatic N) is 3. The highest BCUT2D eigenvalue weighted by Gasteiger charge is 2.27. The van der Waals surface area contributed by atoms with Gasteiger partial charge in [0, 0.05) is 36.8 Å². The first-order valence-electron chi connectivity index (χ1n) is 13.1. The van der Waals surface area contributed by atoms with Gasteiger partial charge < -0.3 is 20.1 Å². The van der Waals surface area contributed by atoms with E-state index >= 15 is 4.39 Å². The number of hydrogen-bond donors (Lipinski definition) is 1. The number of hydrogen-bond acceptors (Lipinski definition) is 6. The van der Waals surface area contributed by atoms with Crippen LogP contribution in [0.25, 0.3) is 11.8 Å². The molecule has 0 radical (unpaired) electrons. The Kier molecular flexibility index (Phi) is 6.59. The van der Waals surface area contributed by atoms with Gasteiger partial charge in [0.25, 0.3) is 0 Å². The molecule has 3 aromatic carbocycles. The van der Waals surface area contributed by atoms with Gasteiger partial charge in [0.15, 0.2) is 23.2 Å². The molecule has 204 valence electrons. The number of rotatable bonds is 6. The van der Waals surface area contributed by atoms with Crippen molar-refractivity contribution in [3.8, 4) is 17.2 Å². The number of Topliss-reactive ketones (excluding diaryl/α,β-unsaturated/α-hetero) is 1. The van der Waals surface area contributed by atoms with E-state index in [1.807, 2.05) is 6.08 Å². The second kappa shape index (κ2) is 10.2. The van der Waals surface area contributed by atoms with Crippen LogP contribution in [0.2, 0.25) is 0 Å². The van der Waals surface area contributed by atoms with Crippen LogP contribution in [-0.2, 0) is 11.2 Å². The van der Waals surface area contributed by atoms with E-state index in [1.165, 1.54) is 23.0 Å². The zero-order valence-electron chi connectivity index (χ0n) is 22.2. The summed E-state index contributed by atoms with van der Waals surface area (Å²) in [5, 5.41) is 4.25. The number of benzene rings is 3. The van der Waals surface area contributed by atoms with E-state index in [0.717, 1.165) is 41.5 Å². The van der Waals surface area contributed by atoms with Crippen molar-refractivity contribution in [2.75, 3.05) is 36.9 Å². The van der Waals surface area contributed by atoms with Crippen LogP contribution in [0.15, 0.2) is 60.3 Å². The third-order valence-electron chi connectivity index (χ3n) is 7.37. The molecule has 0 spiro atoms. The second-order valence-electron chi connectivity index (χ2n) is 10.1. The Morgan fingerprint density at radius 2 is 1.80 bits per heavy atom. The van der Waals surface area contributed by atoms with E-state index in [-0.39, 0.29) is 34.4 Å². The molecule has 0 saturated carbocycles. The van der Waals surface area contributed by atoms with E-state index in [4.69, 9.17) is 15.2 Å². The summed E-state index contributed by atoms with van der Waals surface area (Å²) >= 11 is 0. The molecule has 7 nitrogen and oxygen atoms in total. The van der Waals surface area contributed by atoms with Crippen molar-refractivity contribution in [3.63, 3.8) is 0 Å². The number of ether oxygens (including phenoxy) is 2. The summed E-state index contributed by atoms with van der Waals surface area (Å²) in [5.41, 5.74) is 12.1. The number of para-hydroxylation sites is 1. The first-order chi connectivity index (χ1) is 19.3. The molecular formula is C31H28F2N4O3. The third kappa shape index (κ3) is 4.62. The summed E-state index contributed by atoms with van der Waals surface area (Å²) in [6, 6.07) is 12.9. The van der Waals surface area contributed by atoms with E-state index in [9.17, 15) is 9.18 Å². The van der Waals surface area contributed by atoms with Crippen molar-refractivity contribution < 1.29 is 23.0 Å². The summed E-state index contributed by atoms with van der Waals surface area (Å²) in [7, 11) is 0. The number of anilines is 2. The molecule has 9 heteroatoms. The fourth-order valence-corrected chi connectivity index (χ4v) is 5.35. The van der Waals surface area contributed by atoms with E-state index in [0.29, 0.717) is 30.8 Å². The fourth-order valence-electron chi connectivity index (χ4n) is 5.35. The largest absolute Gasteiger partial charge is 0.454 e. The normalized spacial score (nSPS) is 14.7. The van der Waals surface area contributed by atoms with Crippen LogP contribution >= 0.6 is 0 Å². The first kappa shape index (κ1) is 25.8. The minimum atomic E-state index is -0.668. The van der Waals surface area contributed by atoms with Crippen LogP contribution < -0.4 is 15.4 Å². The highest BCUT2D eigenvalue weighted by molar-refractivity contribution is 6.15. The molecule has 6 rings (SSSR count). The lowest BCUT2D eigenvalue weighted by molar-refractivity contribution is 0.103. The number of halogens is 2. The lowest BCUT2D eigenvalue weighted by Gasteiger charge is -2.30. The van der Waals surface area contributed by atoms with Crippen molar-refractivity contribution in [2.45, 2.75) is 20.3 Å². The predicted molar refractivity (Wildman–Crippen MR) is 149 cm³/mol.